The van der Waals surface area contributed by atoms with Gasteiger partial charge in [0, 0.05) is 30.6 Å². The van der Waals surface area contributed by atoms with E-state index in [0.717, 1.165) is 36.9 Å². The van der Waals surface area contributed by atoms with Crippen LogP contribution in [0.25, 0.3) is 10.9 Å². The average Bonchev–Trinajstić information content (AvgIpc) is 2.49. The number of fused-ring (bicyclic) bond motifs is 1. The summed E-state index contributed by atoms with van der Waals surface area (Å²) in [5, 5.41) is 0.896. The molecule has 1 aliphatic rings. The molecule has 2 aromatic rings. The Labute approximate surface area is 131 Å². The summed E-state index contributed by atoms with van der Waals surface area (Å²) < 4.78 is 19.9. The lowest BCUT2D eigenvalue weighted by molar-refractivity contribution is 0.0850. The molecule has 0 amide bonds. The third-order valence-corrected chi connectivity index (χ3v) is 4.47. The van der Waals surface area contributed by atoms with Crippen LogP contribution in [0, 0.1) is 12.9 Å². The Kier molecular flexibility index (Phi) is 4.30. The molecule has 0 bridgehead atoms. The highest BCUT2D eigenvalue weighted by atomic mass is 19.1. The van der Waals surface area contributed by atoms with Crippen molar-refractivity contribution in [2.75, 3.05) is 13.1 Å². The van der Waals surface area contributed by atoms with E-state index in [4.69, 9.17) is 4.74 Å². The van der Waals surface area contributed by atoms with E-state index in [2.05, 4.69) is 23.7 Å². The van der Waals surface area contributed by atoms with Gasteiger partial charge < -0.3 is 9.64 Å². The van der Waals surface area contributed by atoms with Gasteiger partial charge in [-0.2, -0.15) is 4.39 Å². The second-order valence-electron chi connectivity index (χ2n) is 6.36. The van der Waals surface area contributed by atoms with E-state index in [1.165, 1.54) is 6.07 Å². The SMILES string of the molecule is Cc1cccc2c(OC3CCN(C(C)C)CC3)cc(F)nc12. The zero-order chi connectivity index (χ0) is 15.7. The number of aryl methyl sites for hydroxylation is 1. The predicted molar refractivity (Wildman–Crippen MR) is 86.8 cm³/mol. The molecule has 0 spiro atoms. The molecule has 0 unspecified atom stereocenters. The lowest BCUT2D eigenvalue weighted by atomic mass is 10.1. The third kappa shape index (κ3) is 3.07. The van der Waals surface area contributed by atoms with Crippen LogP contribution in [-0.2, 0) is 0 Å². The van der Waals surface area contributed by atoms with Crippen molar-refractivity contribution in [3.05, 3.63) is 35.8 Å². The Morgan fingerprint density at radius 1 is 1.27 bits per heavy atom. The first-order chi connectivity index (χ1) is 10.5. The molecule has 3 nitrogen and oxygen atoms in total. The quantitative estimate of drug-likeness (QED) is 0.803. The minimum atomic E-state index is -0.476. The Bertz CT molecular complexity index is 663. The van der Waals surface area contributed by atoms with Gasteiger partial charge in [-0.25, -0.2) is 4.98 Å². The van der Waals surface area contributed by atoms with Gasteiger partial charge in [-0.15, -0.1) is 0 Å². The Morgan fingerprint density at radius 2 is 2.00 bits per heavy atom. The summed E-state index contributed by atoms with van der Waals surface area (Å²) in [6, 6.07) is 7.84. The molecule has 1 aromatic heterocycles. The summed E-state index contributed by atoms with van der Waals surface area (Å²) in [5.74, 6) is 0.144. The normalized spacial score (nSPS) is 17.3. The molecule has 3 rings (SSSR count). The van der Waals surface area contributed by atoms with Gasteiger partial charge in [0.1, 0.15) is 11.9 Å². The van der Waals surface area contributed by atoms with E-state index in [1.54, 1.807) is 0 Å². The van der Waals surface area contributed by atoms with Gasteiger partial charge in [-0.3, -0.25) is 0 Å². The molecule has 1 aromatic carbocycles. The largest absolute Gasteiger partial charge is 0.489 e. The van der Waals surface area contributed by atoms with Crippen LogP contribution in [0.3, 0.4) is 0 Å². The van der Waals surface area contributed by atoms with Crippen molar-refractivity contribution < 1.29 is 9.13 Å². The molecule has 0 radical (unpaired) electrons. The van der Waals surface area contributed by atoms with Crippen molar-refractivity contribution in [2.24, 2.45) is 0 Å². The molecule has 2 heterocycles. The molecule has 0 atom stereocenters. The fraction of sp³-hybridized carbons (Fsp3) is 0.500. The molecule has 0 N–H and O–H groups in total. The van der Waals surface area contributed by atoms with Crippen molar-refractivity contribution in [1.29, 1.82) is 0 Å². The van der Waals surface area contributed by atoms with Gasteiger partial charge in [0.25, 0.3) is 0 Å². The van der Waals surface area contributed by atoms with Gasteiger partial charge in [0.05, 0.1) is 5.52 Å². The minimum Gasteiger partial charge on any atom is -0.489 e. The average molecular weight is 302 g/mol. The molecule has 1 aliphatic heterocycles. The second kappa shape index (κ2) is 6.21. The number of hydrogen-bond donors (Lipinski definition) is 0. The van der Waals surface area contributed by atoms with E-state index in [0.29, 0.717) is 17.3 Å². The maximum atomic E-state index is 13.8. The zero-order valence-electron chi connectivity index (χ0n) is 13.5. The predicted octanol–water partition coefficient (Wildman–Crippen LogP) is 3.93. The standard InChI is InChI=1S/C18H23FN2O/c1-12(2)21-9-7-14(8-10-21)22-16-11-17(19)20-18-13(3)5-4-6-15(16)18/h4-6,11-12,14H,7-10H2,1-3H3. The van der Waals surface area contributed by atoms with Crippen LogP contribution in [0.2, 0.25) is 0 Å². The topological polar surface area (TPSA) is 25.4 Å². The van der Waals surface area contributed by atoms with Crippen LogP contribution in [0.15, 0.2) is 24.3 Å². The van der Waals surface area contributed by atoms with E-state index in [9.17, 15) is 4.39 Å². The molecular formula is C18H23FN2O. The fourth-order valence-corrected chi connectivity index (χ4v) is 3.12. The lowest BCUT2D eigenvalue weighted by Crippen LogP contribution is -2.41. The van der Waals surface area contributed by atoms with E-state index in [-0.39, 0.29) is 6.10 Å². The molecule has 22 heavy (non-hydrogen) atoms. The van der Waals surface area contributed by atoms with Crippen molar-refractivity contribution in [1.82, 2.24) is 9.88 Å². The van der Waals surface area contributed by atoms with Gasteiger partial charge >= 0.3 is 0 Å². The molecule has 1 saturated heterocycles. The fourth-order valence-electron chi connectivity index (χ4n) is 3.12. The summed E-state index contributed by atoms with van der Waals surface area (Å²) in [6.45, 7) is 8.45. The highest BCUT2D eigenvalue weighted by Gasteiger charge is 2.23. The number of nitrogens with zero attached hydrogens (tertiary/aromatic N) is 2. The minimum absolute atomic E-state index is 0.153. The van der Waals surface area contributed by atoms with Crippen molar-refractivity contribution >= 4 is 10.9 Å². The summed E-state index contributed by atoms with van der Waals surface area (Å²) in [6.07, 6.45) is 2.12. The number of rotatable bonds is 3. The maximum absolute atomic E-state index is 13.8. The third-order valence-electron chi connectivity index (χ3n) is 4.47. The first-order valence-corrected chi connectivity index (χ1v) is 8.01. The van der Waals surface area contributed by atoms with Crippen molar-refractivity contribution in [3.63, 3.8) is 0 Å². The van der Waals surface area contributed by atoms with E-state index in [1.807, 2.05) is 25.1 Å². The van der Waals surface area contributed by atoms with Gasteiger partial charge in [-0.1, -0.05) is 12.1 Å². The smallest absolute Gasteiger partial charge is 0.217 e. The van der Waals surface area contributed by atoms with E-state index >= 15 is 0 Å². The Balaban J connectivity index is 1.81. The summed E-state index contributed by atoms with van der Waals surface area (Å²) in [4.78, 5) is 6.46. The van der Waals surface area contributed by atoms with E-state index < -0.39 is 5.95 Å². The first kappa shape index (κ1) is 15.2. The number of likely N-dealkylation sites (tertiary alicyclic amines) is 1. The van der Waals surface area contributed by atoms with Crippen LogP contribution >= 0.6 is 0 Å². The van der Waals surface area contributed by atoms with Gasteiger partial charge in [0.15, 0.2) is 0 Å². The summed E-state index contributed by atoms with van der Waals surface area (Å²) in [5.41, 5.74) is 1.66. The molecule has 0 saturated carbocycles. The lowest BCUT2D eigenvalue weighted by Gasteiger charge is -2.34. The first-order valence-electron chi connectivity index (χ1n) is 8.01. The monoisotopic (exact) mass is 302 g/mol. The summed E-state index contributed by atoms with van der Waals surface area (Å²) in [7, 11) is 0. The number of hydrogen-bond acceptors (Lipinski definition) is 3. The number of pyridine rings is 1. The molecule has 118 valence electrons. The van der Waals surface area contributed by atoms with Crippen LogP contribution in [0.5, 0.6) is 5.75 Å². The highest BCUT2D eigenvalue weighted by Crippen LogP contribution is 2.29. The number of piperidine rings is 1. The van der Waals surface area contributed by atoms with Crippen molar-refractivity contribution in [2.45, 2.75) is 45.8 Å². The van der Waals surface area contributed by atoms with Crippen LogP contribution in [-0.4, -0.2) is 35.1 Å². The highest BCUT2D eigenvalue weighted by molar-refractivity contribution is 5.87. The van der Waals surface area contributed by atoms with Gasteiger partial charge in [-0.05, 0) is 45.2 Å². The van der Waals surface area contributed by atoms with Crippen LogP contribution in [0.4, 0.5) is 4.39 Å². The second-order valence-corrected chi connectivity index (χ2v) is 6.36. The maximum Gasteiger partial charge on any atom is 0.217 e. The Morgan fingerprint density at radius 3 is 2.68 bits per heavy atom. The number of para-hydroxylation sites is 1. The summed E-state index contributed by atoms with van der Waals surface area (Å²) >= 11 is 0. The number of benzene rings is 1. The van der Waals surface area contributed by atoms with Crippen LogP contribution < -0.4 is 4.74 Å². The number of ether oxygens (including phenoxy) is 1. The van der Waals surface area contributed by atoms with Crippen molar-refractivity contribution in [3.8, 4) is 5.75 Å². The molecule has 1 fully saturated rings. The molecule has 4 heteroatoms. The molecular weight excluding hydrogens is 279 g/mol. The Hall–Kier alpha value is -1.68. The van der Waals surface area contributed by atoms with Gasteiger partial charge in [0.2, 0.25) is 5.95 Å². The van der Waals surface area contributed by atoms with Crippen LogP contribution in [0.1, 0.15) is 32.3 Å². The number of halogens is 1. The number of aromatic nitrogens is 1. The zero-order valence-corrected chi connectivity index (χ0v) is 13.5. The molecule has 0 aliphatic carbocycles.